The van der Waals surface area contributed by atoms with Gasteiger partial charge in [0.1, 0.15) is 0 Å². The molecule has 2 aromatic rings. The van der Waals surface area contributed by atoms with Gasteiger partial charge in [-0.2, -0.15) is 0 Å². The van der Waals surface area contributed by atoms with Crippen LogP contribution in [0.15, 0.2) is 41.3 Å². The first kappa shape index (κ1) is 15.5. The van der Waals surface area contributed by atoms with E-state index in [4.69, 9.17) is 23.1 Å². The minimum atomic E-state index is -1.31. The summed E-state index contributed by atoms with van der Waals surface area (Å²) in [4.78, 5) is 11.6. The summed E-state index contributed by atoms with van der Waals surface area (Å²) in [5, 5.41) is 0.425. The van der Waals surface area contributed by atoms with Crippen molar-refractivity contribution in [1.82, 2.24) is 0 Å². The molecule has 110 valence electrons. The van der Waals surface area contributed by atoms with Crippen molar-refractivity contribution in [3.8, 4) is 0 Å². The second kappa shape index (κ2) is 6.28. The van der Waals surface area contributed by atoms with Crippen LogP contribution in [0.25, 0.3) is 0 Å². The molecule has 21 heavy (non-hydrogen) atoms. The maximum absolute atomic E-state index is 12.4. The topological polar surface area (TPSA) is 86.2 Å². The zero-order chi connectivity index (χ0) is 15.6. The lowest BCUT2D eigenvalue weighted by Gasteiger charge is -2.09. The first-order chi connectivity index (χ1) is 9.88. The molecule has 4 N–H and O–H groups in total. The van der Waals surface area contributed by atoms with Crippen LogP contribution in [0.2, 0.25) is 5.02 Å². The Morgan fingerprint density at radius 1 is 1.24 bits per heavy atom. The normalized spacial score (nSPS) is 12.1. The summed E-state index contributed by atoms with van der Waals surface area (Å²) in [7, 11) is -1.31. The maximum atomic E-state index is 12.4. The van der Waals surface area contributed by atoms with Crippen LogP contribution in [-0.2, 0) is 16.6 Å². The number of benzene rings is 2. The Morgan fingerprint density at radius 2 is 1.95 bits per heavy atom. The third kappa shape index (κ3) is 3.62. The number of aryl methyl sites for hydroxylation is 1. The lowest BCUT2D eigenvalue weighted by atomic mass is 10.1. The SMILES string of the molecule is Cc1cc(C(N)=O)ccc1CS(=O)c1cc(N)ccc1Cl. The van der Waals surface area contributed by atoms with Gasteiger partial charge in [0.15, 0.2) is 0 Å². The smallest absolute Gasteiger partial charge is 0.248 e. The summed E-state index contributed by atoms with van der Waals surface area (Å²) < 4.78 is 12.4. The summed E-state index contributed by atoms with van der Waals surface area (Å²) in [6.45, 7) is 1.85. The molecule has 1 unspecified atom stereocenters. The quantitative estimate of drug-likeness (QED) is 0.848. The number of amides is 1. The van der Waals surface area contributed by atoms with E-state index >= 15 is 0 Å². The van der Waals surface area contributed by atoms with Crippen LogP contribution in [0.4, 0.5) is 5.69 Å². The molecule has 1 amide bonds. The van der Waals surface area contributed by atoms with E-state index in [1.165, 1.54) is 0 Å². The average molecular weight is 323 g/mol. The Labute approximate surface area is 130 Å². The molecule has 0 saturated carbocycles. The largest absolute Gasteiger partial charge is 0.399 e. The number of carbonyl (C=O) groups is 1. The third-order valence-electron chi connectivity index (χ3n) is 3.11. The van der Waals surface area contributed by atoms with Crippen molar-refractivity contribution in [2.24, 2.45) is 5.73 Å². The highest BCUT2D eigenvalue weighted by atomic mass is 35.5. The van der Waals surface area contributed by atoms with Crippen LogP contribution in [0.3, 0.4) is 0 Å². The van der Waals surface area contributed by atoms with Gasteiger partial charge < -0.3 is 11.5 Å². The first-order valence-electron chi connectivity index (χ1n) is 6.21. The van der Waals surface area contributed by atoms with Gasteiger partial charge in [-0.1, -0.05) is 17.7 Å². The number of hydrogen-bond acceptors (Lipinski definition) is 3. The molecule has 2 aromatic carbocycles. The van der Waals surface area contributed by atoms with Gasteiger partial charge in [0, 0.05) is 11.3 Å². The molecule has 0 heterocycles. The van der Waals surface area contributed by atoms with Crippen LogP contribution in [0.5, 0.6) is 0 Å². The Balaban J connectivity index is 2.27. The van der Waals surface area contributed by atoms with Crippen molar-refractivity contribution in [3.63, 3.8) is 0 Å². The van der Waals surface area contributed by atoms with Crippen molar-refractivity contribution in [3.05, 3.63) is 58.1 Å². The zero-order valence-corrected chi connectivity index (χ0v) is 13.0. The van der Waals surface area contributed by atoms with Gasteiger partial charge in [-0.25, -0.2) is 0 Å². The Bertz CT molecular complexity index is 732. The Morgan fingerprint density at radius 3 is 2.57 bits per heavy atom. The fourth-order valence-corrected chi connectivity index (χ4v) is 3.62. The summed E-state index contributed by atoms with van der Waals surface area (Å²) in [5.41, 5.74) is 13.6. The van der Waals surface area contributed by atoms with Gasteiger partial charge in [0.2, 0.25) is 5.91 Å². The minimum absolute atomic E-state index is 0.300. The monoisotopic (exact) mass is 322 g/mol. The summed E-state index contributed by atoms with van der Waals surface area (Å²) >= 11 is 6.05. The van der Waals surface area contributed by atoms with Crippen LogP contribution >= 0.6 is 11.6 Å². The predicted molar refractivity (Wildman–Crippen MR) is 85.7 cm³/mol. The van der Waals surface area contributed by atoms with E-state index in [0.29, 0.717) is 26.9 Å². The Hall–Kier alpha value is -1.85. The lowest BCUT2D eigenvalue weighted by molar-refractivity contribution is 0.1000. The Kier molecular flexibility index (Phi) is 4.65. The fraction of sp³-hybridized carbons (Fsp3) is 0.133. The van der Waals surface area contributed by atoms with Gasteiger partial charge >= 0.3 is 0 Å². The zero-order valence-electron chi connectivity index (χ0n) is 11.4. The van der Waals surface area contributed by atoms with Gasteiger partial charge in [-0.3, -0.25) is 9.00 Å². The molecule has 0 bridgehead atoms. The molecule has 2 rings (SSSR count). The summed E-state index contributed by atoms with van der Waals surface area (Å²) in [6.07, 6.45) is 0. The molecule has 6 heteroatoms. The van der Waals surface area contributed by atoms with Crippen molar-refractivity contribution in [2.75, 3.05) is 5.73 Å². The molecule has 0 spiro atoms. The number of anilines is 1. The van der Waals surface area contributed by atoms with Gasteiger partial charge in [0.05, 0.1) is 26.5 Å². The van der Waals surface area contributed by atoms with Crippen molar-refractivity contribution >= 4 is 34.0 Å². The molecule has 4 nitrogen and oxygen atoms in total. The highest BCUT2D eigenvalue weighted by Crippen LogP contribution is 2.25. The third-order valence-corrected chi connectivity index (χ3v) is 4.96. The fourth-order valence-electron chi connectivity index (χ4n) is 1.92. The van der Waals surface area contributed by atoms with Crippen LogP contribution in [0.1, 0.15) is 21.5 Å². The standard InChI is InChI=1S/C15H15ClN2O2S/c1-9-6-10(15(18)19)2-3-11(9)8-21(20)14-7-12(17)4-5-13(14)16/h2-7H,8,17H2,1H3,(H2,18,19). The van der Waals surface area contributed by atoms with Gasteiger partial charge in [0.25, 0.3) is 0 Å². The molecular weight excluding hydrogens is 308 g/mol. The molecule has 0 aromatic heterocycles. The molecule has 0 aliphatic rings. The highest BCUT2D eigenvalue weighted by Gasteiger charge is 2.12. The van der Waals surface area contributed by atoms with E-state index in [1.807, 2.05) is 6.92 Å². The summed E-state index contributed by atoms with van der Waals surface area (Å²) in [6, 6.07) is 9.99. The average Bonchev–Trinajstić information content (AvgIpc) is 2.43. The van der Waals surface area contributed by atoms with E-state index < -0.39 is 16.7 Å². The number of carbonyl (C=O) groups excluding carboxylic acids is 1. The number of nitrogens with two attached hydrogens (primary N) is 2. The van der Waals surface area contributed by atoms with E-state index in [1.54, 1.807) is 36.4 Å². The van der Waals surface area contributed by atoms with E-state index in [9.17, 15) is 9.00 Å². The highest BCUT2D eigenvalue weighted by molar-refractivity contribution is 7.84. The van der Waals surface area contributed by atoms with Crippen LogP contribution < -0.4 is 11.5 Å². The summed E-state index contributed by atoms with van der Waals surface area (Å²) in [5.74, 6) is -0.182. The number of primary amides is 1. The molecule has 1 atom stereocenters. The minimum Gasteiger partial charge on any atom is -0.399 e. The van der Waals surface area contributed by atoms with Gasteiger partial charge in [-0.15, -0.1) is 0 Å². The number of hydrogen-bond donors (Lipinski definition) is 2. The first-order valence-corrected chi connectivity index (χ1v) is 7.91. The maximum Gasteiger partial charge on any atom is 0.248 e. The molecule has 0 aliphatic carbocycles. The molecule has 0 radical (unpaired) electrons. The molecule has 0 saturated heterocycles. The van der Waals surface area contributed by atoms with Gasteiger partial charge in [-0.05, 0) is 48.4 Å². The molecule has 0 aliphatic heterocycles. The van der Waals surface area contributed by atoms with Crippen molar-refractivity contribution in [2.45, 2.75) is 17.6 Å². The second-order valence-electron chi connectivity index (χ2n) is 4.69. The van der Waals surface area contributed by atoms with Crippen LogP contribution in [0, 0.1) is 6.92 Å². The van der Waals surface area contributed by atoms with E-state index in [0.717, 1.165) is 11.1 Å². The number of rotatable bonds is 4. The van der Waals surface area contributed by atoms with Crippen molar-refractivity contribution in [1.29, 1.82) is 0 Å². The van der Waals surface area contributed by atoms with E-state index in [2.05, 4.69) is 0 Å². The number of nitrogen functional groups attached to an aromatic ring is 1. The predicted octanol–water partition coefficient (Wildman–Crippen LogP) is 2.64. The van der Waals surface area contributed by atoms with E-state index in [-0.39, 0.29) is 0 Å². The molecular formula is C15H15ClN2O2S. The van der Waals surface area contributed by atoms with Crippen molar-refractivity contribution < 1.29 is 9.00 Å². The lowest BCUT2D eigenvalue weighted by Crippen LogP contribution is -2.11. The second-order valence-corrected chi connectivity index (χ2v) is 6.51. The molecule has 0 fully saturated rings. The van der Waals surface area contributed by atoms with Crippen LogP contribution in [-0.4, -0.2) is 10.1 Å². The number of halogens is 1.